The Bertz CT molecular complexity index is 1180. The molecule has 33 heavy (non-hydrogen) atoms. The van der Waals surface area contributed by atoms with Gasteiger partial charge in [0.15, 0.2) is 5.13 Å². The van der Waals surface area contributed by atoms with Crippen LogP contribution in [-0.4, -0.2) is 34.4 Å². The number of amides is 1. The van der Waals surface area contributed by atoms with Gasteiger partial charge in [-0.2, -0.15) is 5.26 Å². The van der Waals surface area contributed by atoms with E-state index in [1.54, 1.807) is 55.5 Å². The summed E-state index contributed by atoms with van der Waals surface area (Å²) in [4.78, 5) is 19.3. The zero-order chi connectivity index (χ0) is 24.0. The zero-order valence-electron chi connectivity index (χ0n) is 17.7. The molecule has 11 heteroatoms. The monoisotopic (exact) mass is 490 g/mol. The van der Waals surface area contributed by atoms with Crippen LogP contribution in [0.1, 0.15) is 26.5 Å². The minimum Gasteiger partial charge on any atom is -0.488 e. The highest BCUT2D eigenvalue weighted by molar-refractivity contribution is 7.82. The molecule has 0 saturated carbocycles. The van der Waals surface area contributed by atoms with Gasteiger partial charge in [-0.1, -0.05) is 12.1 Å². The average molecular weight is 491 g/mol. The van der Waals surface area contributed by atoms with Crippen LogP contribution in [-0.2, 0) is 17.5 Å². The fourth-order valence-corrected chi connectivity index (χ4v) is 4.19. The van der Waals surface area contributed by atoms with Crippen molar-refractivity contribution in [3.05, 3.63) is 70.2 Å². The minimum absolute atomic E-state index is 0.180. The molecule has 0 aliphatic carbocycles. The molecular formula is C22H20F2N4O3S2. The molecule has 7 nitrogen and oxygen atoms in total. The fraction of sp³-hybridized carbons (Fsp3) is 0.227. The van der Waals surface area contributed by atoms with E-state index in [-0.39, 0.29) is 5.69 Å². The van der Waals surface area contributed by atoms with Gasteiger partial charge in [0.05, 0.1) is 18.2 Å². The second-order valence-electron chi connectivity index (χ2n) is 6.88. The summed E-state index contributed by atoms with van der Waals surface area (Å²) in [6.45, 7) is 1.43. The number of aromatic nitrogens is 1. The summed E-state index contributed by atoms with van der Waals surface area (Å²) in [6, 6.07) is 15.7. The molecule has 1 aromatic heterocycles. The number of nitriles is 1. The van der Waals surface area contributed by atoms with Crippen molar-refractivity contribution in [2.24, 2.45) is 0 Å². The molecule has 0 aliphatic heterocycles. The van der Waals surface area contributed by atoms with Crippen LogP contribution in [0.4, 0.5) is 19.6 Å². The van der Waals surface area contributed by atoms with E-state index in [4.69, 9.17) is 10.00 Å². The number of carbonyl (C=O) groups is 1. The van der Waals surface area contributed by atoms with E-state index in [9.17, 15) is 17.8 Å². The Labute approximate surface area is 196 Å². The largest absolute Gasteiger partial charge is 0.488 e. The number of halogens is 2. The molecule has 0 bridgehead atoms. The number of rotatable bonds is 9. The third kappa shape index (κ3) is 6.57. The summed E-state index contributed by atoms with van der Waals surface area (Å²) in [6.07, 6.45) is -1.20. The molecule has 172 valence electrons. The molecule has 0 fully saturated rings. The van der Waals surface area contributed by atoms with Gasteiger partial charge in [-0.05, 0) is 48.9 Å². The number of alkyl halides is 2. The number of benzene rings is 2. The number of nitrogens with one attached hydrogen (secondary N) is 1. The lowest BCUT2D eigenvalue weighted by molar-refractivity contribution is 0.0819. The molecule has 0 spiro atoms. The van der Waals surface area contributed by atoms with Gasteiger partial charge in [-0.3, -0.25) is 9.52 Å². The molecule has 3 aromatic rings. The van der Waals surface area contributed by atoms with E-state index in [0.29, 0.717) is 27.9 Å². The Kier molecular flexibility index (Phi) is 8.08. The third-order valence-electron chi connectivity index (χ3n) is 4.42. The molecule has 3 rings (SSSR count). The van der Waals surface area contributed by atoms with Gasteiger partial charge in [-0.25, -0.2) is 18.0 Å². The first-order valence-corrected chi connectivity index (χ1v) is 12.0. The van der Waals surface area contributed by atoms with Gasteiger partial charge in [0.2, 0.25) is 0 Å². The van der Waals surface area contributed by atoms with Crippen LogP contribution in [0.3, 0.4) is 0 Å². The number of hydrogen-bond donors (Lipinski definition) is 1. The van der Waals surface area contributed by atoms with Crippen LogP contribution in [0.25, 0.3) is 0 Å². The van der Waals surface area contributed by atoms with Gasteiger partial charge in [0.1, 0.15) is 29.0 Å². The summed E-state index contributed by atoms with van der Waals surface area (Å²) in [5, 5.41) is 9.62. The molecule has 1 amide bonds. The van der Waals surface area contributed by atoms with Crippen molar-refractivity contribution >= 4 is 39.0 Å². The second-order valence-corrected chi connectivity index (χ2v) is 9.17. The lowest BCUT2D eigenvalue weighted by Crippen LogP contribution is -2.25. The molecule has 1 N–H and O–H groups in total. The van der Waals surface area contributed by atoms with Crippen LogP contribution >= 0.6 is 11.3 Å². The highest BCUT2D eigenvalue weighted by atomic mass is 32.2. The summed E-state index contributed by atoms with van der Waals surface area (Å²) >= 11 is 1.30. The number of ether oxygens (including phenoxy) is 1. The Morgan fingerprint density at radius 3 is 2.48 bits per heavy atom. The standard InChI is InChI=1S/C22H20F2N4O3S2/c1-14-20(21(29)27-33(2)30)26-22(32-14)28(17-7-3-15(11-25)4-8-17)12-16-5-9-18(10-6-16)31-13-19(23)24/h3-10,19H,12-13H2,1-2H3,(H,27,29). The Balaban J connectivity index is 1.91. The summed E-state index contributed by atoms with van der Waals surface area (Å²) < 4.78 is 43.5. The maximum atomic E-state index is 12.4. The number of nitrogens with zero attached hydrogens (tertiary/aromatic N) is 3. The zero-order valence-corrected chi connectivity index (χ0v) is 19.4. The molecule has 0 aliphatic rings. The topological polar surface area (TPSA) is 95.3 Å². The number of aryl methyl sites for hydroxylation is 1. The summed E-state index contributed by atoms with van der Waals surface area (Å²) in [7, 11) is -1.52. The molecule has 1 atom stereocenters. The number of anilines is 2. The number of hydrogen-bond acceptors (Lipinski definition) is 7. The van der Waals surface area contributed by atoms with Gasteiger partial charge >= 0.3 is 0 Å². The minimum atomic E-state index is -2.55. The van der Waals surface area contributed by atoms with Gasteiger partial charge in [0.25, 0.3) is 12.3 Å². The van der Waals surface area contributed by atoms with Gasteiger partial charge in [-0.15, -0.1) is 11.3 Å². The summed E-state index contributed by atoms with van der Waals surface area (Å²) in [5.74, 6) is -0.197. The first-order valence-electron chi connectivity index (χ1n) is 9.66. The summed E-state index contributed by atoms with van der Waals surface area (Å²) in [5.41, 5.74) is 2.27. The van der Waals surface area contributed by atoms with Crippen molar-refractivity contribution in [2.45, 2.75) is 19.9 Å². The molecule has 0 saturated heterocycles. The van der Waals surface area contributed by atoms with Gasteiger partial charge in [0, 0.05) is 16.8 Å². The number of thiazole rings is 1. The fourth-order valence-electron chi connectivity index (χ4n) is 2.91. The highest BCUT2D eigenvalue weighted by Crippen LogP contribution is 2.33. The average Bonchev–Trinajstić information content (AvgIpc) is 3.18. The molecule has 1 unspecified atom stereocenters. The third-order valence-corrected chi connectivity index (χ3v) is 5.88. The van der Waals surface area contributed by atoms with E-state index < -0.39 is 29.9 Å². The quantitative estimate of drug-likeness (QED) is 0.480. The highest BCUT2D eigenvalue weighted by Gasteiger charge is 2.21. The van der Waals surface area contributed by atoms with Crippen LogP contribution in [0.15, 0.2) is 48.5 Å². The van der Waals surface area contributed by atoms with Crippen molar-refractivity contribution in [1.82, 2.24) is 9.71 Å². The van der Waals surface area contributed by atoms with Crippen LogP contribution < -0.4 is 14.4 Å². The van der Waals surface area contributed by atoms with E-state index >= 15 is 0 Å². The molecule has 2 aromatic carbocycles. The Morgan fingerprint density at radius 1 is 1.24 bits per heavy atom. The Morgan fingerprint density at radius 2 is 1.91 bits per heavy atom. The molecular weight excluding hydrogens is 470 g/mol. The normalized spacial score (nSPS) is 11.6. The first-order chi connectivity index (χ1) is 15.8. The second kappa shape index (κ2) is 11.0. The van der Waals surface area contributed by atoms with E-state index in [2.05, 4.69) is 15.8 Å². The predicted molar refractivity (Wildman–Crippen MR) is 123 cm³/mol. The van der Waals surface area contributed by atoms with Crippen molar-refractivity contribution in [3.8, 4) is 11.8 Å². The van der Waals surface area contributed by atoms with E-state index in [0.717, 1.165) is 11.3 Å². The molecule has 0 radical (unpaired) electrons. The maximum absolute atomic E-state index is 12.4. The predicted octanol–water partition coefficient (Wildman–Crippen LogP) is 4.33. The SMILES string of the molecule is Cc1sc(N(Cc2ccc(OCC(F)F)cc2)c2ccc(C#N)cc2)nc1C(=O)NS(C)=O. The van der Waals surface area contributed by atoms with E-state index in [1.165, 1.54) is 17.6 Å². The van der Waals surface area contributed by atoms with Crippen molar-refractivity contribution in [1.29, 1.82) is 5.26 Å². The van der Waals surface area contributed by atoms with E-state index in [1.807, 2.05) is 4.90 Å². The van der Waals surface area contributed by atoms with Crippen LogP contribution in [0.2, 0.25) is 0 Å². The van der Waals surface area contributed by atoms with Gasteiger partial charge < -0.3 is 9.64 Å². The first kappa shape index (κ1) is 24.3. The smallest absolute Gasteiger partial charge is 0.282 e. The Hall–Kier alpha value is -3.36. The van der Waals surface area contributed by atoms with Crippen LogP contribution in [0.5, 0.6) is 5.75 Å². The number of carbonyl (C=O) groups excluding carboxylic acids is 1. The maximum Gasteiger partial charge on any atom is 0.282 e. The van der Waals surface area contributed by atoms with Crippen LogP contribution in [0, 0.1) is 18.3 Å². The van der Waals surface area contributed by atoms with Crippen molar-refractivity contribution in [2.75, 3.05) is 17.8 Å². The van der Waals surface area contributed by atoms with Crippen molar-refractivity contribution in [3.63, 3.8) is 0 Å². The van der Waals surface area contributed by atoms with Crippen molar-refractivity contribution < 1.29 is 22.5 Å². The lowest BCUT2D eigenvalue weighted by atomic mass is 10.1. The lowest BCUT2D eigenvalue weighted by Gasteiger charge is -2.22. The molecule has 1 heterocycles.